The molecule has 1 heterocycles. The molecule has 1 aromatic heterocycles. The van der Waals surface area contributed by atoms with E-state index in [0.29, 0.717) is 0 Å². The van der Waals surface area contributed by atoms with E-state index < -0.39 is 0 Å². The van der Waals surface area contributed by atoms with Crippen LogP contribution in [0.5, 0.6) is 0 Å². The van der Waals surface area contributed by atoms with Gasteiger partial charge in [-0.3, -0.25) is 0 Å². The summed E-state index contributed by atoms with van der Waals surface area (Å²) in [5.74, 6) is 0.883. The molecule has 0 aliphatic carbocycles. The first-order valence-electron chi connectivity index (χ1n) is 2.44. The molecule has 0 aliphatic rings. The molecule has 0 bridgehead atoms. The van der Waals surface area contributed by atoms with Crippen LogP contribution in [0, 0.1) is 0 Å². The molecule has 0 aliphatic heterocycles. The van der Waals surface area contributed by atoms with Crippen molar-refractivity contribution in [2.45, 2.75) is 10.2 Å². The maximum atomic E-state index is 4.97. The number of hydrogen-bond donors (Lipinski definition) is 0. The highest BCUT2D eigenvalue weighted by molar-refractivity contribution is 9.24. The second kappa shape index (κ2) is 3.37. The third-order valence-corrected chi connectivity index (χ3v) is 1.49. The maximum Gasteiger partial charge on any atom is 0.180 e. The van der Waals surface area contributed by atoms with Crippen LogP contribution in [-0.2, 0) is 6.42 Å². The normalized spacial score (nSPS) is 10.6. The zero-order valence-corrected chi connectivity index (χ0v) is 7.72. The van der Waals surface area contributed by atoms with Crippen molar-refractivity contribution in [3.63, 3.8) is 0 Å². The highest BCUT2D eigenvalue weighted by Gasteiger charge is 2.01. The van der Waals surface area contributed by atoms with E-state index in [1.165, 1.54) is 6.39 Å². The Bertz CT molecular complexity index is 161. The minimum absolute atomic E-state index is 0.276. The molecule has 4 heteroatoms. The number of aromatic nitrogens is 1. The quantitative estimate of drug-likeness (QED) is 0.758. The number of halogens is 2. The molecule has 0 fully saturated rings. The number of oxazole rings is 1. The van der Waals surface area contributed by atoms with Gasteiger partial charge in [-0.05, 0) is 0 Å². The summed E-state index contributed by atoms with van der Waals surface area (Å²) < 4.78 is 5.25. The summed E-state index contributed by atoms with van der Waals surface area (Å²) in [6.45, 7) is 0. The van der Waals surface area contributed by atoms with Crippen LogP contribution >= 0.6 is 31.9 Å². The van der Waals surface area contributed by atoms with Crippen molar-refractivity contribution < 1.29 is 4.42 Å². The van der Waals surface area contributed by atoms with Crippen LogP contribution in [0.4, 0.5) is 0 Å². The van der Waals surface area contributed by atoms with E-state index in [9.17, 15) is 0 Å². The first-order valence-corrected chi connectivity index (χ1v) is 4.27. The van der Waals surface area contributed by atoms with E-state index in [1.54, 1.807) is 6.20 Å². The van der Waals surface area contributed by atoms with E-state index in [2.05, 4.69) is 36.8 Å². The topological polar surface area (TPSA) is 26.0 Å². The molecule has 0 spiro atoms. The van der Waals surface area contributed by atoms with Gasteiger partial charge in [0.1, 0.15) is 5.76 Å². The lowest BCUT2D eigenvalue weighted by molar-refractivity contribution is 0.510. The number of rotatable bonds is 2. The van der Waals surface area contributed by atoms with Crippen molar-refractivity contribution in [3.05, 3.63) is 18.4 Å². The Morgan fingerprint density at radius 2 is 2.44 bits per heavy atom. The fourth-order valence-electron chi connectivity index (χ4n) is 0.495. The summed E-state index contributed by atoms with van der Waals surface area (Å²) in [6, 6.07) is 0. The van der Waals surface area contributed by atoms with Gasteiger partial charge in [-0.2, -0.15) is 0 Å². The minimum Gasteiger partial charge on any atom is -0.448 e. The van der Waals surface area contributed by atoms with Gasteiger partial charge in [-0.1, -0.05) is 31.9 Å². The molecule has 0 saturated heterocycles. The fourth-order valence-corrected chi connectivity index (χ4v) is 1.13. The Balaban J connectivity index is 2.48. The Morgan fingerprint density at radius 1 is 1.67 bits per heavy atom. The highest BCUT2D eigenvalue weighted by Crippen LogP contribution is 2.14. The van der Waals surface area contributed by atoms with Gasteiger partial charge in [-0.15, -0.1) is 0 Å². The summed E-state index contributed by atoms with van der Waals surface area (Å²) in [7, 11) is 0. The van der Waals surface area contributed by atoms with E-state index >= 15 is 0 Å². The standard InChI is InChI=1S/C5H5Br2NO/c6-5(7)1-4-2-8-3-9-4/h2-3,5H,1H2. The van der Waals surface area contributed by atoms with Gasteiger partial charge in [0.2, 0.25) is 0 Å². The molecule has 0 saturated carbocycles. The van der Waals surface area contributed by atoms with Gasteiger partial charge in [0.15, 0.2) is 6.39 Å². The first kappa shape index (κ1) is 7.28. The Labute approximate surface area is 69.9 Å². The zero-order chi connectivity index (χ0) is 6.69. The van der Waals surface area contributed by atoms with E-state index in [4.69, 9.17) is 4.42 Å². The van der Waals surface area contributed by atoms with Crippen LogP contribution in [0.2, 0.25) is 0 Å². The largest absolute Gasteiger partial charge is 0.448 e. The Kier molecular flexibility index (Phi) is 2.72. The SMILES string of the molecule is BrC(Br)Cc1cnco1. The summed E-state index contributed by atoms with van der Waals surface area (Å²) in [5.41, 5.74) is 0. The Morgan fingerprint density at radius 3 is 2.89 bits per heavy atom. The zero-order valence-electron chi connectivity index (χ0n) is 4.55. The van der Waals surface area contributed by atoms with Gasteiger partial charge >= 0.3 is 0 Å². The van der Waals surface area contributed by atoms with Crippen LogP contribution in [0.1, 0.15) is 5.76 Å². The second-order valence-electron chi connectivity index (χ2n) is 1.56. The van der Waals surface area contributed by atoms with Gasteiger partial charge in [0, 0.05) is 6.42 Å². The predicted molar refractivity (Wildman–Crippen MR) is 41.8 cm³/mol. The van der Waals surface area contributed by atoms with E-state index in [-0.39, 0.29) is 3.74 Å². The van der Waals surface area contributed by atoms with Crippen molar-refractivity contribution >= 4 is 31.9 Å². The molecule has 1 rings (SSSR count). The monoisotopic (exact) mass is 253 g/mol. The van der Waals surface area contributed by atoms with Gasteiger partial charge in [0.25, 0.3) is 0 Å². The third-order valence-electron chi connectivity index (χ3n) is 0.839. The fraction of sp³-hybridized carbons (Fsp3) is 0.400. The molecule has 50 valence electrons. The van der Waals surface area contributed by atoms with Crippen molar-refractivity contribution in [1.82, 2.24) is 4.98 Å². The lowest BCUT2D eigenvalue weighted by Gasteiger charge is -1.93. The summed E-state index contributed by atoms with van der Waals surface area (Å²) in [5, 5.41) is 0. The number of nitrogens with zero attached hydrogens (tertiary/aromatic N) is 1. The minimum atomic E-state index is 0.276. The maximum absolute atomic E-state index is 4.97. The molecular weight excluding hydrogens is 250 g/mol. The van der Waals surface area contributed by atoms with Crippen molar-refractivity contribution in [3.8, 4) is 0 Å². The molecular formula is C5H5Br2NO. The van der Waals surface area contributed by atoms with E-state index in [1.807, 2.05) is 0 Å². The van der Waals surface area contributed by atoms with Gasteiger partial charge in [0.05, 0.1) is 9.93 Å². The molecule has 0 amide bonds. The highest BCUT2D eigenvalue weighted by atomic mass is 79.9. The predicted octanol–water partition coefficient (Wildman–Crippen LogP) is 2.33. The van der Waals surface area contributed by atoms with Crippen LogP contribution < -0.4 is 0 Å². The van der Waals surface area contributed by atoms with E-state index in [0.717, 1.165) is 12.2 Å². The van der Waals surface area contributed by atoms with Crippen LogP contribution in [0.15, 0.2) is 17.0 Å². The average molecular weight is 255 g/mol. The van der Waals surface area contributed by atoms with Crippen LogP contribution in [0.25, 0.3) is 0 Å². The molecule has 1 aromatic rings. The lowest BCUT2D eigenvalue weighted by Crippen LogP contribution is -1.89. The first-order chi connectivity index (χ1) is 4.29. The molecule has 0 unspecified atom stereocenters. The smallest absolute Gasteiger partial charge is 0.180 e. The average Bonchev–Trinajstić information content (AvgIpc) is 2.15. The lowest BCUT2D eigenvalue weighted by atomic mass is 10.4. The van der Waals surface area contributed by atoms with Crippen molar-refractivity contribution in [1.29, 1.82) is 0 Å². The van der Waals surface area contributed by atoms with Crippen molar-refractivity contribution in [2.75, 3.05) is 0 Å². The van der Waals surface area contributed by atoms with Crippen LogP contribution in [-0.4, -0.2) is 8.72 Å². The number of alkyl halides is 2. The molecule has 0 N–H and O–H groups in total. The van der Waals surface area contributed by atoms with Gasteiger partial charge in [-0.25, -0.2) is 4.98 Å². The number of hydrogen-bond acceptors (Lipinski definition) is 2. The third kappa shape index (κ3) is 2.49. The molecule has 0 atom stereocenters. The summed E-state index contributed by atoms with van der Waals surface area (Å²) >= 11 is 6.65. The molecule has 0 aromatic carbocycles. The van der Waals surface area contributed by atoms with Crippen LogP contribution in [0.3, 0.4) is 0 Å². The van der Waals surface area contributed by atoms with Crippen molar-refractivity contribution in [2.24, 2.45) is 0 Å². The second-order valence-corrected chi connectivity index (χ2v) is 5.00. The summed E-state index contributed by atoms with van der Waals surface area (Å²) in [4.78, 5) is 3.77. The molecule has 0 radical (unpaired) electrons. The summed E-state index contributed by atoms with van der Waals surface area (Å²) in [6.07, 6.45) is 3.95. The molecule has 9 heavy (non-hydrogen) atoms. The molecule has 2 nitrogen and oxygen atoms in total. The Hall–Kier alpha value is 0.170. The van der Waals surface area contributed by atoms with Gasteiger partial charge < -0.3 is 4.42 Å².